The zero-order chi connectivity index (χ0) is 23.5. The molecule has 0 aliphatic heterocycles. The lowest BCUT2D eigenvalue weighted by Gasteiger charge is -2.13. The van der Waals surface area contributed by atoms with Crippen molar-refractivity contribution in [1.82, 2.24) is 0 Å². The van der Waals surface area contributed by atoms with Crippen molar-refractivity contribution in [3.05, 3.63) is 82.4 Å². The molecular formula is C24H25ClN2O4S. The maximum Gasteiger partial charge on any atom is 0.263 e. The first kappa shape index (κ1) is 23.6. The Kier molecular flexibility index (Phi) is 7.11. The van der Waals surface area contributed by atoms with Gasteiger partial charge in [-0.1, -0.05) is 23.7 Å². The molecule has 0 aliphatic carbocycles. The van der Waals surface area contributed by atoms with E-state index < -0.39 is 15.9 Å². The lowest BCUT2D eigenvalue weighted by molar-refractivity contribution is 0.102. The van der Waals surface area contributed by atoms with E-state index in [-0.39, 0.29) is 21.6 Å². The van der Waals surface area contributed by atoms with Crippen LogP contribution in [0.3, 0.4) is 0 Å². The van der Waals surface area contributed by atoms with Crippen molar-refractivity contribution in [2.45, 2.75) is 38.7 Å². The fraction of sp³-hybridized carbons (Fsp3) is 0.208. The Bertz CT molecular complexity index is 1260. The van der Waals surface area contributed by atoms with E-state index in [4.69, 9.17) is 16.3 Å². The summed E-state index contributed by atoms with van der Waals surface area (Å²) in [5, 5.41) is 2.77. The first-order chi connectivity index (χ1) is 15.0. The van der Waals surface area contributed by atoms with Crippen LogP contribution in [0.4, 0.5) is 11.4 Å². The minimum Gasteiger partial charge on any atom is -0.491 e. The molecule has 0 saturated heterocycles. The van der Waals surface area contributed by atoms with E-state index in [9.17, 15) is 13.2 Å². The van der Waals surface area contributed by atoms with Gasteiger partial charge in [-0.3, -0.25) is 9.52 Å². The van der Waals surface area contributed by atoms with Crippen LogP contribution in [0, 0.1) is 13.8 Å². The van der Waals surface area contributed by atoms with E-state index in [1.54, 1.807) is 36.4 Å². The molecule has 3 aromatic rings. The molecule has 2 N–H and O–H groups in total. The Morgan fingerprint density at radius 2 is 1.69 bits per heavy atom. The zero-order valence-corrected chi connectivity index (χ0v) is 19.8. The summed E-state index contributed by atoms with van der Waals surface area (Å²) < 4.78 is 34.1. The summed E-state index contributed by atoms with van der Waals surface area (Å²) in [6.45, 7) is 7.66. The van der Waals surface area contributed by atoms with E-state index >= 15 is 0 Å². The normalized spacial score (nSPS) is 11.3. The lowest BCUT2D eigenvalue weighted by atomic mass is 10.1. The second kappa shape index (κ2) is 9.63. The van der Waals surface area contributed by atoms with Crippen LogP contribution in [0.15, 0.2) is 65.6 Å². The molecule has 3 aromatic carbocycles. The number of rotatable bonds is 7. The van der Waals surface area contributed by atoms with Gasteiger partial charge in [0.2, 0.25) is 0 Å². The molecule has 168 valence electrons. The molecule has 3 rings (SSSR count). The maximum atomic E-state index is 13.0. The Balaban J connectivity index is 1.84. The van der Waals surface area contributed by atoms with Crippen molar-refractivity contribution in [3.8, 4) is 5.75 Å². The van der Waals surface area contributed by atoms with E-state index in [1.165, 1.54) is 18.2 Å². The Morgan fingerprint density at radius 3 is 2.38 bits per heavy atom. The summed E-state index contributed by atoms with van der Waals surface area (Å²) in [5.41, 5.74) is 3.10. The smallest absolute Gasteiger partial charge is 0.263 e. The van der Waals surface area contributed by atoms with Crippen molar-refractivity contribution >= 4 is 38.9 Å². The third-order valence-electron chi connectivity index (χ3n) is 4.71. The number of benzene rings is 3. The van der Waals surface area contributed by atoms with Crippen molar-refractivity contribution < 1.29 is 17.9 Å². The number of carbonyl (C=O) groups excluding carboxylic acids is 1. The first-order valence-electron chi connectivity index (χ1n) is 10.0. The Morgan fingerprint density at radius 1 is 0.938 bits per heavy atom. The quantitative estimate of drug-likeness (QED) is 0.455. The minimum atomic E-state index is -4.00. The van der Waals surface area contributed by atoms with Gasteiger partial charge < -0.3 is 10.1 Å². The maximum absolute atomic E-state index is 13.0. The van der Waals surface area contributed by atoms with Crippen LogP contribution in [-0.2, 0) is 10.0 Å². The predicted molar refractivity (Wildman–Crippen MR) is 128 cm³/mol. The van der Waals surface area contributed by atoms with Gasteiger partial charge in [0.15, 0.2) is 0 Å². The Hall–Kier alpha value is -3.03. The van der Waals surface area contributed by atoms with Crippen molar-refractivity contribution in [2.24, 2.45) is 0 Å². The van der Waals surface area contributed by atoms with Gasteiger partial charge in [0.25, 0.3) is 15.9 Å². The molecule has 8 heteroatoms. The van der Waals surface area contributed by atoms with E-state index in [0.29, 0.717) is 17.1 Å². The summed E-state index contributed by atoms with van der Waals surface area (Å²) in [6, 6.07) is 16.3. The fourth-order valence-electron chi connectivity index (χ4n) is 2.99. The number of ether oxygens (including phenoxy) is 1. The SMILES string of the molecule is Cc1ccc(NS(=O)(=O)c2cc(C(=O)Nc3cccc(OC(C)C)c3)ccc2Cl)cc1C. The van der Waals surface area contributed by atoms with Gasteiger partial charge in [-0.05, 0) is 81.3 Å². The number of halogens is 1. The van der Waals surface area contributed by atoms with Crippen LogP contribution in [0.2, 0.25) is 5.02 Å². The second-order valence-electron chi connectivity index (χ2n) is 7.70. The van der Waals surface area contributed by atoms with Crippen LogP contribution < -0.4 is 14.8 Å². The topological polar surface area (TPSA) is 84.5 Å². The number of sulfonamides is 1. The highest BCUT2D eigenvalue weighted by Crippen LogP contribution is 2.27. The fourth-order valence-corrected chi connectivity index (χ4v) is 4.56. The summed E-state index contributed by atoms with van der Waals surface area (Å²) in [6.07, 6.45) is -0.00482. The number of anilines is 2. The number of aryl methyl sites for hydroxylation is 2. The predicted octanol–water partition coefficient (Wildman–Crippen LogP) is 5.80. The van der Waals surface area contributed by atoms with E-state index in [2.05, 4.69) is 10.0 Å². The van der Waals surface area contributed by atoms with Gasteiger partial charge in [-0.15, -0.1) is 0 Å². The van der Waals surface area contributed by atoms with Crippen LogP contribution >= 0.6 is 11.6 Å². The van der Waals surface area contributed by atoms with Gasteiger partial charge in [-0.25, -0.2) is 8.42 Å². The standard InChI is InChI=1S/C24H25ClN2O4S/c1-15(2)31-21-7-5-6-19(14-21)26-24(28)18-9-11-22(25)23(13-18)32(29,30)27-20-10-8-16(3)17(4)12-20/h5-15,27H,1-4H3,(H,26,28). The van der Waals surface area contributed by atoms with Crippen LogP contribution in [0.1, 0.15) is 35.3 Å². The first-order valence-corrected chi connectivity index (χ1v) is 11.9. The number of hydrogen-bond donors (Lipinski definition) is 2. The molecule has 0 saturated carbocycles. The molecule has 0 heterocycles. The average molecular weight is 473 g/mol. The third-order valence-corrected chi connectivity index (χ3v) is 6.57. The molecule has 0 unspecified atom stereocenters. The lowest BCUT2D eigenvalue weighted by Crippen LogP contribution is -2.16. The zero-order valence-electron chi connectivity index (χ0n) is 18.3. The number of carbonyl (C=O) groups is 1. The summed E-state index contributed by atoms with van der Waals surface area (Å²) in [7, 11) is -4.00. The third kappa shape index (κ3) is 5.81. The highest BCUT2D eigenvalue weighted by atomic mass is 35.5. The number of amides is 1. The van der Waals surface area contributed by atoms with Crippen LogP contribution in [0.5, 0.6) is 5.75 Å². The Labute approximate surface area is 193 Å². The van der Waals surface area contributed by atoms with E-state index in [0.717, 1.165) is 11.1 Å². The highest BCUT2D eigenvalue weighted by molar-refractivity contribution is 7.92. The van der Waals surface area contributed by atoms with E-state index in [1.807, 2.05) is 33.8 Å². The molecule has 0 fully saturated rings. The molecule has 0 spiro atoms. The highest BCUT2D eigenvalue weighted by Gasteiger charge is 2.21. The minimum absolute atomic E-state index is 0.00482. The average Bonchev–Trinajstić information content (AvgIpc) is 2.70. The monoisotopic (exact) mass is 472 g/mol. The molecule has 6 nitrogen and oxygen atoms in total. The van der Waals surface area contributed by atoms with Crippen LogP contribution in [-0.4, -0.2) is 20.4 Å². The molecule has 0 bridgehead atoms. The number of nitrogens with one attached hydrogen (secondary N) is 2. The van der Waals surface area contributed by atoms with Crippen molar-refractivity contribution in [3.63, 3.8) is 0 Å². The molecular weight excluding hydrogens is 448 g/mol. The molecule has 0 aromatic heterocycles. The second-order valence-corrected chi connectivity index (χ2v) is 9.76. The van der Waals surface area contributed by atoms with Gasteiger partial charge in [0.1, 0.15) is 10.6 Å². The molecule has 0 atom stereocenters. The largest absolute Gasteiger partial charge is 0.491 e. The van der Waals surface area contributed by atoms with Crippen molar-refractivity contribution in [2.75, 3.05) is 10.0 Å². The van der Waals surface area contributed by atoms with Crippen LogP contribution in [0.25, 0.3) is 0 Å². The summed E-state index contributed by atoms with van der Waals surface area (Å²) >= 11 is 6.17. The molecule has 1 amide bonds. The molecule has 0 radical (unpaired) electrons. The molecule has 0 aliphatic rings. The van der Waals surface area contributed by atoms with Gasteiger partial charge in [0, 0.05) is 23.0 Å². The van der Waals surface area contributed by atoms with Gasteiger partial charge >= 0.3 is 0 Å². The summed E-state index contributed by atoms with van der Waals surface area (Å²) in [4.78, 5) is 12.6. The molecule has 32 heavy (non-hydrogen) atoms. The summed E-state index contributed by atoms with van der Waals surface area (Å²) in [5.74, 6) is 0.153. The van der Waals surface area contributed by atoms with Crippen molar-refractivity contribution in [1.29, 1.82) is 0 Å². The van der Waals surface area contributed by atoms with Gasteiger partial charge in [0.05, 0.1) is 11.1 Å². The number of hydrogen-bond acceptors (Lipinski definition) is 4. The van der Waals surface area contributed by atoms with Gasteiger partial charge in [-0.2, -0.15) is 0 Å².